The van der Waals surface area contributed by atoms with Gasteiger partial charge in [-0.25, -0.2) is 0 Å². The van der Waals surface area contributed by atoms with E-state index >= 15 is 0 Å². The number of fused-ring (bicyclic) bond motifs is 3. The molecule has 2 aliphatic rings. The Kier molecular flexibility index (Phi) is 3.09. The second-order valence-corrected chi connectivity index (χ2v) is 4.98. The zero-order valence-corrected chi connectivity index (χ0v) is 10.6. The van der Waals surface area contributed by atoms with Gasteiger partial charge in [-0.05, 0) is 25.0 Å². The summed E-state index contributed by atoms with van der Waals surface area (Å²) in [6.07, 6.45) is 1.06. The number of hydrogen-bond acceptors (Lipinski definition) is 5. The van der Waals surface area contributed by atoms with Crippen LogP contribution in [0.2, 0.25) is 0 Å². The van der Waals surface area contributed by atoms with Crippen LogP contribution in [-0.2, 0) is 6.42 Å². The number of aliphatic hydroxyl groups excluding tert-OH is 1. The van der Waals surface area contributed by atoms with Gasteiger partial charge >= 0.3 is 0 Å². The molecule has 1 aromatic rings. The molecule has 3 rings (SSSR count). The van der Waals surface area contributed by atoms with E-state index in [0.29, 0.717) is 24.6 Å². The lowest BCUT2D eigenvalue weighted by Gasteiger charge is -2.37. The number of hydrogen-bond donors (Lipinski definition) is 2. The summed E-state index contributed by atoms with van der Waals surface area (Å²) in [7, 11) is 0. The summed E-state index contributed by atoms with van der Waals surface area (Å²) in [4.78, 5) is 6.99. The number of nitrogens with zero attached hydrogens (tertiary/aromatic N) is 2. The maximum Gasteiger partial charge on any atom is 0.215 e. The van der Waals surface area contributed by atoms with Crippen LogP contribution in [0.3, 0.4) is 0 Å². The summed E-state index contributed by atoms with van der Waals surface area (Å²) < 4.78 is 5.39. The molecular weight excluding hydrogens is 230 g/mol. The maximum atomic E-state index is 8.78. The van der Waals surface area contributed by atoms with Crippen LogP contribution in [0.5, 0.6) is 5.88 Å². The van der Waals surface area contributed by atoms with Crippen LogP contribution in [0.1, 0.15) is 12.5 Å². The summed E-state index contributed by atoms with van der Waals surface area (Å²) >= 11 is 0. The van der Waals surface area contributed by atoms with Gasteiger partial charge in [0.1, 0.15) is 12.4 Å². The number of ether oxygens (including phenoxy) is 1. The van der Waals surface area contributed by atoms with Crippen molar-refractivity contribution in [1.82, 2.24) is 10.3 Å². The number of pyridine rings is 1. The molecule has 2 atom stereocenters. The quantitative estimate of drug-likeness (QED) is 0.800. The molecule has 1 fully saturated rings. The second kappa shape index (κ2) is 4.74. The molecule has 1 saturated heterocycles. The van der Waals surface area contributed by atoms with Gasteiger partial charge < -0.3 is 20.1 Å². The van der Waals surface area contributed by atoms with Crippen LogP contribution in [0.25, 0.3) is 0 Å². The van der Waals surface area contributed by atoms with Gasteiger partial charge in [-0.15, -0.1) is 0 Å². The lowest BCUT2D eigenvalue weighted by atomic mass is 10.1. The zero-order chi connectivity index (χ0) is 12.5. The Balaban J connectivity index is 1.87. The standard InChI is InChI=1S/C13H19N3O2/c1-9-7-14-8-11-6-10-2-3-12(18-5-4-17)15-13(10)16(9)11/h2-3,9,11,14,17H,4-8H2,1H3. The molecule has 2 unspecified atom stereocenters. The first kappa shape index (κ1) is 11.7. The van der Waals surface area contributed by atoms with Crippen LogP contribution < -0.4 is 15.0 Å². The Bertz CT molecular complexity index is 438. The lowest BCUT2D eigenvalue weighted by Crippen LogP contribution is -2.55. The third kappa shape index (κ3) is 1.93. The van der Waals surface area contributed by atoms with Crippen molar-refractivity contribution < 1.29 is 9.84 Å². The van der Waals surface area contributed by atoms with Gasteiger partial charge in [0.05, 0.1) is 6.61 Å². The molecule has 1 aromatic heterocycles. The van der Waals surface area contributed by atoms with Gasteiger partial charge in [0.15, 0.2) is 0 Å². The summed E-state index contributed by atoms with van der Waals surface area (Å²) in [5, 5.41) is 12.2. The molecule has 2 N–H and O–H groups in total. The van der Waals surface area contributed by atoms with Gasteiger partial charge in [-0.1, -0.05) is 0 Å². The molecular formula is C13H19N3O2. The molecule has 5 heteroatoms. The number of aliphatic hydroxyl groups is 1. The molecule has 98 valence electrons. The highest BCUT2D eigenvalue weighted by Crippen LogP contribution is 2.34. The van der Waals surface area contributed by atoms with Crippen molar-refractivity contribution in [3.8, 4) is 5.88 Å². The van der Waals surface area contributed by atoms with Crippen LogP contribution >= 0.6 is 0 Å². The fraction of sp³-hybridized carbons (Fsp3) is 0.615. The van der Waals surface area contributed by atoms with Crippen LogP contribution in [0, 0.1) is 0 Å². The highest BCUT2D eigenvalue weighted by molar-refractivity contribution is 5.56. The zero-order valence-electron chi connectivity index (χ0n) is 10.6. The Morgan fingerprint density at radius 3 is 3.22 bits per heavy atom. The maximum absolute atomic E-state index is 8.78. The number of piperazine rings is 1. The van der Waals surface area contributed by atoms with Gasteiger partial charge in [0.25, 0.3) is 0 Å². The second-order valence-electron chi connectivity index (χ2n) is 4.98. The SMILES string of the molecule is CC1CNCC2Cc3ccc(OCCO)nc3N12. The average molecular weight is 249 g/mol. The fourth-order valence-corrected chi connectivity index (χ4v) is 2.89. The van der Waals surface area contributed by atoms with E-state index < -0.39 is 0 Å². The highest BCUT2D eigenvalue weighted by Gasteiger charge is 2.36. The number of nitrogens with one attached hydrogen (secondary N) is 1. The first-order valence-electron chi connectivity index (χ1n) is 6.52. The monoisotopic (exact) mass is 249 g/mol. The Morgan fingerprint density at radius 2 is 2.39 bits per heavy atom. The van der Waals surface area contributed by atoms with Crippen molar-refractivity contribution in [2.45, 2.75) is 25.4 Å². The van der Waals surface area contributed by atoms with E-state index in [0.717, 1.165) is 25.3 Å². The van der Waals surface area contributed by atoms with Crippen molar-refractivity contribution in [2.24, 2.45) is 0 Å². The molecule has 0 saturated carbocycles. The number of anilines is 1. The Labute approximate surface area is 107 Å². The molecule has 0 aliphatic carbocycles. The van der Waals surface area contributed by atoms with Crippen molar-refractivity contribution in [1.29, 1.82) is 0 Å². The van der Waals surface area contributed by atoms with E-state index in [4.69, 9.17) is 9.84 Å². The molecule has 3 heterocycles. The summed E-state index contributed by atoms with van der Waals surface area (Å²) in [5.41, 5.74) is 1.30. The fourth-order valence-electron chi connectivity index (χ4n) is 2.89. The predicted octanol–water partition coefficient (Wildman–Crippen LogP) is 0.175. The van der Waals surface area contributed by atoms with E-state index in [-0.39, 0.29) is 6.61 Å². The summed E-state index contributed by atoms with van der Waals surface area (Å²) in [6.45, 7) is 4.56. The number of aromatic nitrogens is 1. The molecule has 0 aromatic carbocycles. The van der Waals surface area contributed by atoms with Gasteiger partial charge in [-0.3, -0.25) is 0 Å². The lowest BCUT2D eigenvalue weighted by molar-refractivity contribution is 0.196. The van der Waals surface area contributed by atoms with E-state index in [1.165, 1.54) is 5.56 Å². The molecule has 18 heavy (non-hydrogen) atoms. The van der Waals surface area contributed by atoms with Crippen LogP contribution in [0.4, 0.5) is 5.82 Å². The predicted molar refractivity (Wildman–Crippen MR) is 69.1 cm³/mol. The highest BCUT2D eigenvalue weighted by atomic mass is 16.5. The largest absolute Gasteiger partial charge is 0.475 e. The number of rotatable bonds is 3. The van der Waals surface area contributed by atoms with Gasteiger partial charge in [0.2, 0.25) is 5.88 Å². The van der Waals surface area contributed by atoms with Gasteiger partial charge in [0, 0.05) is 31.2 Å². The first-order valence-corrected chi connectivity index (χ1v) is 6.52. The van der Waals surface area contributed by atoms with Crippen molar-refractivity contribution in [3.05, 3.63) is 17.7 Å². The normalized spacial score (nSPS) is 25.8. The third-order valence-electron chi connectivity index (χ3n) is 3.66. The minimum Gasteiger partial charge on any atom is -0.475 e. The molecule has 0 amide bonds. The summed E-state index contributed by atoms with van der Waals surface area (Å²) in [5.74, 6) is 1.67. The topological polar surface area (TPSA) is 57.6 Å². The smallest absolute Gasteiger partial charge is 0.215 e. The van der Waals surface area contributed by atoms with E-state index in [1.54, 1.807) is 0 Å². The Morgan fingerprint density at radius 1 is 1.50 bits per heavy atom. The summed E-state index contributed by atoms with van der Waals surface area (Å²) in [6, 6.07) is 4.97. The minimum atomic E-state index is 0.0193. The molecule has 2 aliphatic heterocycles. The molecule has 0 spiro atoms. The third-order valence-corrected chi connectivity index (χ3v) is 3.66. The first-order chi connectivity index (χ1) is 8.79. The van der Waals surface area contributed by atoms with E-state index in [2.05, 4.69) is 28.2 Å². The van der Waals surface area contributed by atoms with Gasteiger partial charge in [-0.2, -0.15) is 4.98 Å². The average Bonchev–Trinajstić information content (AvgIpc) is 2.75. The van der Waals surface area contributed by atoms with Crippen molar-refractivity contribution >= 4 is 5.82 Å². The molecule has 0 radical (unpaired) electrons. The molecule has 5 nitrogen and oxygen atoms in total. The van der Waals surface area contributed by atoms with E-state index in [9.17, 15) is 0 Å². The van der Waals surface area contributed by atoms with E-state index in [1.807, 2.05) is 6.07 Å². The Hall–Kier alpha value is -1.33. The van der Waals surface area contributed by atoms with Crippen molar-refractivity contribution in [3.63, 3.8) is 0 Å². The minimum absolute atomic E-state index is 0.0193. The molecule has 0 bridgehead atoms. The van der Waals surface area contributed by atoms with Crippen molar-refractivity contribution in [2.75, 3.05) is 31.2 Å². The van der Waals surface area contributed by atoms with Crippen LogP contribution in [-0.4, -0.2) is 48.5 Å². The van der Waals surface area contributed by atoms with Crippen LogP contribution in [0.15, 0.2) is 12.1 Å².